The van der Waals surface area contributed by atoms with Gasteiger partial charge in [0.25, 0.3) is 0 Å². The Kier molecular flexibility index (Phi) is 10.9. The average Bonchev–Trinajstić information content (AvgIpc) is 2.15. The molecule has 0 bridgehead atoms. The number of nitrogens with zero attached hydrogens (tertiary/aromatic N) is 1. The van der Waals surface area contributed by atoms with Crippen molar-refractivity contribution in [2.24, 2.45) is 0 Å². The Bertz CT molecular complexity index is 220. The Labute approximate surface area is 97.9 Å². The molecule has 0 unspecified atom stereocenters. The van der Waals surface area contributed by atoms with Crippen LogP contribution in [0.25, 0.3) is 0 Å². The summed E-state index contributed by atoms with van der Waals surface area (Å²) >= 11 is 0. The van der Waals surface area contributed by atoms with Gasteiger partial charge in [0.2, 0.25) is 0 Å². The summed E-state index contributed by atoms with van der Waals surface area (Å²) < 4.78 is 0. The summed E-state index contributed by atoms with van der Waals surface area (Å²) in [6.07, 6.45) is 2.04. The molecular formula is C12H23NO3. The summed E-state index contributed by atoms with van der Waals surface area (Å²) in [5, 5.41) is 16.5. The van der Waals surface area contributed by atoms with Crippen LogP contribution in [0.4, 0.5) is 0 Å². The van der Waals surface area contributed by atoms with E-state index in [0.29, 0.717) is 18.0 Å². The molecule has 16 heavy (non-hydrogen) atoms. The number of rotatable bonds is 6. The lowest BCUT2D eigenvalue weighted by molar-refractivity contribution is -0.137. The van der Waals surface area contributed by atoms with Gasteiger partial charge in [0.05, 0.1) is 0 Å². The van der Waals surface area contributed by atoms with Gasteiger partial charge in [0, 0.05) is 18.0 Å². The summed E-state index contributed by atoms with van der Waals surface area (Å²) in [4.78, 5) is 11.8. The Morgan fingerprint density at radius 2 is 1.69 bits per heavy atom. The molecular weight excluding hydrogens is 206 g/mol. The van der Waals surface area contributed by atoms with Crippen LogP contribution >= 0.6 is 0 Å². The molecule has 0 radical (unpaired) electrons. The van der Waals surface area contributed by atoms with Crippen molar-refractivity contribution in [2.75, 3.05) is 13.2 Å². The monoisotopic (exact) mass is 229 g/mol. The Morgan fingerprint density at radius 1 is 1.25 bits per heavy atom. The minimum atomic E-state index is -0.879. The molecule has 0 aromatic heterocycles. The average molecular weight is 229 g/mol. The van der Waals surface area contributed by atoms with Crippen molar-refractivity contribution >= 4 is 5.97 Å². The van der Waals surface area contributed by atoms with Crippen molar-refractivity contribution in [3.05, 3.63) is 24.6 Å². The third kappa shape index (κ3) is 10.8. The number of carboxylic acids is 1. The maximum absolute atomic E-state index is 10.3. The fourth-order valence-electron chi connectivity index (χ4n) is 0.889. The molecule has 0 rings (SSSR count). The van der Waals surface area contributed by atoms with Crippen LogP contribution in [-0.2, 0) is 4.79 Å². The standard InChI is InChI=1S/C8H13NO2.C4H10O/c1-6(2)9(7(3)4)5-8(10)11;1-2-3-4-5/h1,3,5H2,2,4H3,(H,10,11);5H,2-4H2,1H3. The number of hydrogen-bond donors (Lipinski definition) is 2. The topological polar surface area (TPSA) is 60.8 Å². The fraction of sp³-hybridized carbons (Fsp3) is 0.583. The number of allylic oxidation sites excluding steroid dienone is 2. The quantitative estimate of drug-likeness (QED) is 0.733. The zero-order valence-corrected chi connectivity index (χ0v) is 10.5. The highest BCUT2D eigenvalue weighted by Gasteiger charge is 2.08. The maximum atomic E-state index is 10.3. The lowest BCUT2D eigenvalue weighted by atomic mass is 10.3. The van der Waals surface area contributed by atoms with Crippen molar-refractivity contribution in [3.8, 4) is 0 Å². The van der Waals surface area contributed by atoms with Crippen molar-refractivity contribution < 1.29 is 15.0 Å². The molecule has 2 N–H and O–H groups in total. The van der Waals surface area contributed by atoms with Gasteiger partial charge in [0.15, 0.2) is 0 Å². The van der Waals surface area contributed by atoms with Gasteiger partial charge >= 0.3 is 5.97 Å². The summed E-state index contributed by atoms with van der Waals surface area (Å²) in [5.41, 5.74) is 1.39. The fourth-order valence-corrected chi connectivity index (χ4v) is 0.889. The molecule has 0 aromatic rings. The number of aliphatic carboxylic acids is 1. The van der Waals surface area contributed by atoms with E-state index in [4.69, 9.17) is 10.2 Å². The summed E-state index contributed by atoms with van der Waals surface area (Å²) in [7, 11) is 0. The number of aliphatic hydroxyl groups excluding tert-OH is 1. The minimum absolute atomic E-state index is 0.0648. The Balaban J connectivity index is 0. The predicted molar refractivity (Wildman–Crippen MR) is 66.0 cm³/mol. The van der Waals surface area contributed by atoms with Crippen LogP contribution in [0.2, 0.25) is 0 Å². The largest absolute Gasteiger partial charge is 0.480 e. The molecule has 94 valence electrons. The molecule has 0 saturated carbocycles. The zero-order valence-electron chi connectivity index (χ0n) is 10.5. The van der Waals surface area contributed by atoms with Gasteiger partial charge in [-0.25, -0.2) is 0 Å². The Hall–Kier alpha value is -1.29. The van der Waals surface area contributed by atoms with Crippen LogP contribution in [0.5, 0.6) is 0 Å². The SMILES string of the molecule is C=C(C)N(CC(=O)O)C(=C)C.CCCCO. The van der Waals surface area contributed by atoms with Crippen LogP contribution < -0.4 is 0 Å². The van der Waals surface area contributed by atoms with E-state index < -0.39 is 5.97 Å². The van der Waals surface area contributed by atoms with Gasteiger partial charge in [-0.05, 0) is 20.3 Å². The predicted octanol–water partition coefficient (Wildman–Crippen LogP) is 2.22. The van der Waals surface area contributed by atoms with Crippen LogP contribution in [0.15, 0.2) is 24.6 Å². The number of carbonyl (C=O) groups is 1. The van der Waals surface area contributed by atoms with Gasteiger partial charge in [-0.2, -0.15) is 0 Å². The number of unbranched alkanes of at least 4 members (excludes halogenated alkanes) is 1. The first-order chi connectivity index (χ1) is 7.36. The van der Waals surface area contributed by atoms with Gasteiger partial charge < -0.3 is 15.1 Å². The van der Waals surface area contributed by atoms with E-state index in [0.717, 1.165) is 12.8 Å². The van der Waals surface area contributed by atoms with Crippen LogP contribution in [-0.4, -0.2) is 34.2 Å². The minimum Gasteiger partial charge on any atom is -0.480 e. The maximum Gasteiger partial charge on any atom is 0.323 e. The molecule has 0 spiro atoms. The van der Waals surface area contributed by atoms with E-state index in [-0.39, 0.29) is 6.54 Å². The van der Waals surface area contributed by atoms with Gasteiger partial charge in [-0.3, -0.25) is 4.79 Å². The first-order valence-corrected chi connectivity index (χ1v) is 5.28. The highest BCUT2D eigenvalue weighted by molar-refractivity contribution is 5.69. The second-order valence-electron chi connectivity index (χ2n) is 3.53. The zero-order chi connectivity index (χ0) is 13.1. The van der Waals surface area contributed by atoms with E-state index in [1.807, 2.05) is 0 Å². The smallest absolute Gasteiger partial charge is 0.323 e. The lowest BCUT2D eigenvalue weighted by Gasteiger charge is -2.21. The first-order valence-electron chi connectivity index (χ1n) is 5.28. The van der Waals surface area contributed by atoms with Crippen LogP contribution in [0, 0.1) is 0 Å². The summed E-state index contributed by atoms with van der Waals surface area (Å²) in [6.45, 7) is 13.1. The third-order valence-electron chi connectivity index (χ3n) is 1.73. The number of hydrogen-bond acceptors (Lipinski definition) is 3. The summed E-state index contributed by atoms with van der Waals surface area (Å²) in [6, 6.07) is 0. The number of carboxylic acid groups (broad SMARTS) is 1. The molecule has 0 aliphatic heterocycles. The lowest BCUT2D eigenvalue weighted by Crippen LogP contribution is -2.25. The van der Waals surface area contributed by atoms with Gasteiger partial charge in [-0.1, -0.05) is 26.5 Å². The van der Waals surface area contributed by atoms with Crippen molar-refractivity contribution in [1.82, 2.24) is 4.90 Å². The highest BCUT2D eigenvalue weighted by atomic mass is 16.4. The van der Waals surface area contributed by atoms with E-state index in [2.05, 4.69) is 20.1 Å². The molecule has 4 nitrogen and oxygen atoms in total. The van der Waals surface area contributed by atoms with E-state index in [1.165, 1.54) is 0 Å². The highest BCUT2D eigenvalue weighted by Crippen LogP contribution is 2.07. The van der Waals surface area contributed by atoms with E-state index in [9.17, 15) is 4.79 Å². The molecule has 0 fully saturated rings. The molecule has 0 aliphatic carbocycles. The molecule has 0 amide bonds. The Morgan fingerprint density at radius 3 is 1.75 bits per heavy atom. The van der Waals surface area contributed by atoms with E-state index in [1.54, 1.807) is 18.7 Å². The molecule has 0 heterocycles. The third-order valence-corrected chi connectivity index (χ3v) is 1.73. The van der Waals surface area contributed by atoms with E-state index >= 15 is 0 Å². The number of aliphatic hydroxyl groups is 1. The van der Waals surface area contributed by atoms with Crippen LogP contribution in [0.1, 0.15) is 33.6 Å². The normalized spacial score (nSPS) is 8.75. The van der Waals surface area contributed by atoms with Crippen molar-refractivity contribution in [1.29, 1.82) is 0 Å². The molecule has 0 aromatic carbocycles. The van der Waals surface area contributed by atoms with Crippen LogP contribution in [0.3, 0.4) is 0 Å². The van der Waals surface area contributed by atoms with Crippen molar-refractivity contribution in [3.63, 3.8) is 0 Å². The summed E-state index contributed by atoms with van der Waals surface area (Å²) in [5.74, 6) is -0.879. The molecule has 0 saturated heterocycles. The molecule has 0 aliphatic rings. The van der Waals surface area contributed by atoms with Crippen molar-refractivity contribution in [2.45, 2.75) is 33.6 Å². The molecule has 4 heteroatoms. The van der Waals surface area contributed by atoms with Gasteiger partial charge in [0.1, 0.15) is 6.54 Å². The van der Waals surface area contributed by atoms with Gasteiger partial charge in [-0.15, -0.1) is 0 Å². The second-order valence-corrected chi connectivity index (χ2v) is 3.53. The molecule has 0 atom stereocenters. The second kappa shape index (κ2) is 10.2. The first kappa shape index (κ1) is 17.1.